The van der Waals surface area contributed by atoms with Crippen LogP contribution in [-0.2, 0) is 13.1 Å². The van der Waals surface area contributed by atoms with Gasteiger partial charge in [-0.3, -0.25) is 9.69 Å². The van der Waals surface area contributed by atoms with Gasteiger partial charge in [0.05, 0.1) is 10.7 Å². The van der Waals surface area contributed by atoms with Crippen molar-refractivity contribution in [2.24, 2.45) is 5.92 Å². The highest BCUT2D eigenvalue weighted by atomic mass is 32.1. The molecule has 4 heterocycles. The van der Waals surface area contributed by atoms with E-state index in [4.69, 9.17) is 4.98 Å². The van der Waals surface area contributed by atoms with E-state index in [1.165, 1.54) is 29.9 Å². The van der Waals surface area contributed by atoms with Crippen LogP contribution in [0.1, 0.15) is 42.3 Å². The van der Waals surface area contributed by atoms with Gasteiger partial charge < -0.3 is 0 Å². The van der Waals surface area contributed by atoms with Crippen molar-refractivity contribution in [3.8, 4) is 5.82 Å². The van der Waals surface area contributed by atoms with Crippen LogP contribution in [0.4, 0.5) is 0 Å². The molecule has 1 aliphatic carbocycles. The van der Waals surface area contributed by atoms with E-state index in [0.29, 0.717) is 18.3 Å². The number of hydrogen-bond acceptors (Lipinski definition) is 7. The maximum absolute atomic E-state index is 12.2. The van der Waals surface area contributed by atoms with E-state index in [-0.39, 0.29) is 5.56 Å². The number of likely N-dealkylation sites (tertiary alicyclic amines) is 1. The van der Waals surface area contributed by atoms with Crippen LogP contribution in [-0.4, -0.2) is 47.5 Å². The average Bonchev–Trinajstić information content (AvgIpc) is 3.21. The molecule has 0 unspecified atom stereocenters. The maximum Gasteiger partial charge on any atom is 0.266 e. The molecule has 0 bridgehead atoms. The lowest BCUT2D eigenvalue weighted by molar-refractivity contribution is 0.162. The van der Waals surface area contributed by atoms with Gasteiger partial charge in [-0.1, -0.05) is 0 Å². The molecule has 8 nitrogen and oxygen atoms in total. The lowest BCUT2D eigenvalue weighted by Crippen LogP contribution is -2.36. The largest absolute Gasteiger partial charge is 0.297 e. The van der Waals surface area contributed by atoms with Gasteiger partial charge in [0.25, 0.3) is 5.56 Å². The molecule has 0 spiro atoms. The lowest BCUT2D eigenvalue weighted by atomic mass is 9.97. The third-order valence-electron chi connectivity index (χ3n) is 5.53. The monoisotopic (exact) mass is 397 g/mol. The molecule has 146 valence electrons. The molecule has 9 heteroatoms. The van der Waals surface area contributed by atoms with Crippen LogP contribution in [0, 0.1) is 5.92 Å². The predicted molar refractivity (Wildman–Crippen MR) is 106 cm³/mol. The van der Waals surface area contributed by atoms with Gasteiger partial charge in [0.15, 0.2) is 5.82 Å². The quantitative estimate of drug-likeness (QED) is 0.633. The Morgan fingerprint density at radius 1 is 1.14 bits per heavy atom. The normalized spacial score (nSPS) is 18.6. The van der Waals surface area contributed by atoms with Gasteiger partial charge in [-0.25, -0.2) is 19.3 Å². The van der Waals surface area contributed by atoms with E-state index in [1.807, 2.05) is 11.3 Å². The van der Waals surface area contributed by atoms with Crippen molar-refractivity contribution < 1.29 is 0 Å². The molecule has 1 aliphatic heterocycles. The summed E-state index contributed by atoms with van der Waals surface area (Å²) in [6, 6.07) is 3.23. The van der Waals surface area contributed by atoms with Crippen molar-refractivity contribution in [3.63, 3.8) is 0 Å². The van der Waals surface area contributed by atoms with Crippen molar-refractivity contribution in [2.75, 3.05) is 13.1 Å². The minimum atomic E-state index is -0.0682. The van der Waals surface area contributed by atoms with Gasteiger partial charge in [0.2, 0.25) is 0 Å². The van der Waals surface area contributed by atoms with Gasteiger partial charge in [0, 0.05) is 30.5 Å². The van der Waals surface area contributed by atoms with E-state index in [0.717, 1.165) is 38.4 Å². The second-order valence-electron chi connectivity index (χ2n) is 7.72. The summed E-state index contributed by atoms with van der Waals surface area (Å²) in [4.78, 5) is 23.4. The third-order valence-corrected chi connectivity index (χ3v) is 6.58. The third kappa shape index (κ3) is 3.90. The summed E-state index contributed by atoms with van der Waals surface area (Å²) in [7, 11) is 0. The first-order valence-corrected chi connectivity index (χ1v) is 10.7. The minimum Gasteiger partial charge on any atom is -0.297 e. The molecule has 0 amide bonds. The van der Waals surface area contributed by atoms with Crippen LogP contribution in [0.3, 0.4) is 0 Å². The van der Waals surface area contributed by atoms with Gasteiger partial charge in [-0.2, -0.15) is 5.10 Å². The van der Waals surface area contributed by atoms with Gasteiger partial charge in [-0.15, -0.1) is 16.4 Å². The summed E-state index contributed by atoms with van der Waals surface area (Å²) in [5, 5.41) is 12.1. The molecule has 3 aromatic rings. The zero-order valence-corrected chi connectivity index (χ0v) is 16.5. The Morgan fingerprint density at radius 3 is 2.75 bits per heavy atom. The van der Waals surface area contributed by atoms with E-state index in [1.54, 1.807) is 27.8 Å². The Balaban J connectivity index is 1.18. The Hall–Kier alpha value is -2.39. The van der Waals surface area contributed by atoms with Crippen LogP contribution < -0.4 is 5.56 Å². The van der Waals surface area contributed by atoms with E-state index in [9.17, 15) is 4.79 Å². The van der Waals surface area contributed by atoms with Crippen molar-refractivity contribution in [2.45, 2.75) is 44.7 Å². The Labute approximate surface area is 166 Å². The molecular formula is C19H23N7OS. The summed E-state index contributed by atoms with van der Waals surface area (Å²) in [5.41, 5.74) is 1.14. The number of aromatic nitrogens is 6. The summed E-state index contributed by atoms with van der Waals surface area (Å²) in [6.45, 7) is 3.67. The summed E-state index contributed by atoms with van der Waals surface area (Å²) >= 11 is 1.82. The standard InChI is InChI=1S/C19H23N7OS/c27-18-4-3-17(26-13-20-12-21-26)23-25(18)9-14-5-7-24(8-6-14)10-16-11-28-19(22-16)15-1-2-15/h3-4,11-15H,1-2,5-10H2. The fourth-order valence-electron chi connectivity index (χ4n) is 3.73. The van der Waals surface area contributed by atoms with Crippen LogP contribution in [0.2, 0.25) is 0 Å². The molecule has 1 saturated heterocycles. The van der Waals surface area contributed by atoms with E-state index >= 15 is 0 Å². The van der Waals surface area contributed by atoms with Gasteiger partial charge in [-0.05, 0) is 50.8 Å². The van der Waals surface area contributed by atoms with Crippen LogP contribution in [0.25, 0.3) is 5.82 Å². The number of rotatable bonds is 6. The molecular weight excluding hydrogens is 374 g/mol. The Kier molecular flexibility index (Phi) is 4.77. The van der Waals surface area contributed by atoms with Crippen LogP contribution >= 0.6 is 11.3 Å². The maximum atomic E-state index is 12.2. The number of hydrogen-bond donors (Lipinski definition) is 0. The first-order chi connectivity index (χ1) is 13.7. The zero-order valence-electron chi connectivity index (χ0n) is 15.6. The fraction of sp³-hybridized carbons (Fsp3) is 0.526. The van der Waals surface area contributed by atoms with Crippen molar-refractivity contribution >= 4 is 11.3 Å². The highest BCUT2D eigenvalue weighted by Gasteiger charge is 2.27. The number of piperidine rings is 1. The molecule has 28 heavy (non-hydrogen) atoms. The molecule has 2 fully saturated rings. The van der Waals surface area contributed by atoms with E-state index < -0.39 is 0 Å². The van der Waals surface area contributed by atoms with Gasteiger partial charge >= 0.3 is 0 Å². The van der Waals surface area contributed by atoms with Crippen molar-refractivity contribution in [1.82, 2.24) is 34.4 Å². The lowest BCUT2D eigenvalue weighted by Gasteiger charge is -2.31. The first-order valence-electron chi connectivity index (χ1n) is 9.84. The highest BCUT2D eigenvalue weighted by molar-refractivity contribution is 7.09. The average molecular weight is 398 g/mol. The van der Waals surface area contributed by atoms with Gasteiger partial charge in [0.1, 0.15) is 12.7 Å². The van der Waals surface area contributed by atoms with Crippen molar-refractivity contribution in [3.05, 3.63) is 51.2 Å². The number of nitrogens with zero attached hydrogens (tertiary/aromatic N) is 7. The fourth-order valence-corrected chi connectivity index (χ4v) is 4.71. The number of thiazole rings is 1. The topological polar surface area (TPSA) is 81.7 Å². The van der Waals surface area contributed by atoms with E-state index in [2.05, 4.69) is 25.5 Å². The minimum absolute atomic E-state index is 0.0682. The molecule has 5 rings (SSSR count). The Bertz CT molecular complexity index is 984. The molecule has 2 aliphatic rings. The van der Waals surface area contributed by atoms with Crippen LogP contribution in [0.15, 0.2) is 35.0 Å². The molecule has 0 atom stereocenters. The van der Waals surface area contributed by atoms with Crippen LogP contribution in [0.5, 0.6) is 0 Å². The first kappa shape index (κ1) is 17.7. The SMILES string of the molecule is O=c1ccc(-n2cncn2)nn1CC1CCN(Cc2csc(C3CC3)n2)CC1. The molecule has 0 radical (unpaired) electrons. The molecule has 0 N–H and O–H groups in total. The second kappa shape index (κ2) is 7.56. The zero-order chi connectivity index (χ0) is 18.9. The smallest absolute Gasteiger partial charge is 0.266 e. The molecule has 3 aromatic heterocycles. The Morgan fingerprint density at radius 2 is 2.00 bits per heavy atom. The molecule has 0 aromatic carbocycles. The predicted octanol–water partition coefficient (Wildman–Crippen LogP) is 2.07. The van der Waals surface area contributed by atoms with Crippen molar-refractivity contribution in [1.29, 1.82) is 0 Å². The summed E-state index contributed by atoms with van der Waals surface area (Å²) in [6.07, 6.45) is 7.81. The second-order valence-corrected chi connectivity index (χ2v) is 8.61. The molecule has 1 saturated carbocycles. The highest BCUT2D eigenvalue weighted by Crippen LogP contribution is 2.41. The summed E-state index contributed by atoms with van der Waals surface area (Å²) in [5.74, 6) is 1.82. The summed E-state index contributed by atoms with van der Waals surface area (Å²) < 4.78 is 3.14.